The molecule has 1 saturated carbocycles. The standard InChI is InChI=1S/C21H17FN2O2S/c22-14-7-5-13(6-8-14)19(25)12-27-20-11-17(21(26)23-15-9-10-15)16-3-1-2-4-18(16)24-20/h1-8,11,15H,9-10,12H2,(H,23,26). The molecule has 1 N–H and O–H groups in total. The summed E-state index contributed by atoms with van der Waals surface area (Å²) in [5.74, 6) is -0.427. The third-order valence-corrected chi connectivity index (χ3v) is 5.28. The summed E-state index contributed by atoms with van der Waals surface area (Å²) in [5.41, 5.74) is 1.75. The number of nitrogens with zero attached hydrogens (tertiary/aromatic N) is 1. The van der Waals surface area contributed by atoms with Gasteiger partial charge in [0.1, 0.15) is 5.82 Å². The number of benzene rings is 2. The van der Waals surface area contributed by atoms with E-state index in [2.05, 4.69) is 10.3 Å². The first-order valence-electron chi connectivity index (χ1n) is 8.72. The molecule has 1 amide bonds. The molecule has 4 nitrogen and oxygen atoms in total. The lowest BCUT2D eigenvalue weighted by Gasteiger charge is -2.10. The van der Waals surface area contributed by atoms with E-state index >= 15 is 0 Å². The van der Waals surface area contributed by atoms with Crippen LogP contribution >= 0.6 is 11.8 Å². The molecule has 0 atom stereocenters. The van der Waals surface area contributed by atoms with Gasteiger partial charge in [-0.1, -0.05) is 30.0 Å². The Morgan fingerprint density at radius 1 is 1.11 bits per heavy atom. The van der Waals surface area contributed by atoms with E-state index < -0.39 is 0 Å². The first-order valence-corrected chi connectivity index (χ1v) is 9.71. The fraction of sp³-hybridized carbons (Fsp3) is 0.190. The fourth-order valence-corrected chi connectivity index (χ4v) is 3.57. The summed E-state index contributed by atoms with van der Waals surface area (Å²) in [5, 5.41) is 4.42. The van der Waals surface area contributed by atoms with E-state index in [1.165, 1.54) is 36.0 Å². The van der Waals surface area contributed by atoms with Crippen LogP contribution in [0.5, 0.6) is 0 Å². The number of pyridine rings is 1. The number of nitrogens with one attached hydrogen (secondary N) is 1. The average molecular weight is 380 g/mol. The van der Waals surface area contributed by atoms with Crippen LogP contribution in [0.2, 0.25) is 0 Å². The van der Waals surface area contributed by atoms with Gasteiger partial charge in [-0.05, 0) is 49.2 Å². The second kappa shape index (κ2) is 7.48. The lowest BCUT2D eigenvalue weighted by Crippen LogP contribution is -2.25. The molecule has 1 aromatic heterocycles. The Bertz CT molecular complexity index is 1020. The number of fused-ring (bicyclic) bond motifs is 1. The van der Waals surface area contributed by atoms with Gasteiger partial charge < -0.3 is 5.32 Å². The van der Waals surface area contributed by atoms with Gasteiger partial charge in [0.25, 0.3) is 5.91 Å². The summed E-state index contributed by atoms with van der Waals surface area (Å²) in [6.45, 7) is 0. The molecule has 1 heterocycles. The van der Waals surface area contributed by atoms with Crippen LogP contribution in [0.25, 0.3) is 10.9 Å². The molecule has 136 valence electrons. The Hall–Kier alpha value is -2.73. The van der Waals surface area contributed by atoms with Crippen LogP contribution in [-0.2, 0) is 0 Å². The second-order valence-corrected chi connectivity index (χ2v) is 7.49. The summed E-state index contributed by atoms with van der Waals surface area (Å²) < 4.78 is 13.0. The molecule has 0 spiro atoms. The van der Waals surface area contributed by atoms with Gasteiger partial charge in [-0.25, -0.2) is 9.37 Å². The number of Topliss-reactive ketones (excluding diaryl/α,β-unsaturated/α-hetero) is 1. The maximum Gasteiger partial charge on any atom is 0.252 e. The van der Waals surface area contributed by atoms with E-state index in [1.807, 2.05) is 24.3 Å². The molecule has 1 aliphatic carbocycles. The summed E-state index contributed by atoms with van der Waals surface area (Å²) >= 11 is 1.27. The largest absolute Gasteiger partial charge is 0.349 e. The number of aromatic nitrogens is 1. The Balaban J connectivity index is 1.56. The van der Waals surface area contributed by atoms with Gasteiger partial charge in [0, 0.05) is 17.0 Å². The lowest BCUT2D eigenvalue weighted by atomic mass is 10.1. The molecule has 1 aliphatic rings. The molecular formula is C21H17FN2O2S. The van der Waals surface area contributed by atoms with Gasteiger partial charge in [-0.15, -0.1) is 0 Å². The van der Waals surface area contributed by atoms with Crippen molar-refractivity contribution in [3.63, 3.8) is 0 Å². The van der Waals surface area contributed by atoms with Crippen molar-refractivity contribution in [2.45, 2.75) is 23.9 Å². The predicted molar refractivity (Wildman–Crippen MR) is 104 cm³/mol. The SMILES string of the molecule is O=C(CSc1cc(C(=O)NC2CC2)c2ccccc2n1)c1ccc(F)cc1. The van der Waals surface area contributed by atoms with Crippen LogP contribution in [0.15, 0.2) is 59.6 Å². The molecule has 0 aliphatic heterocycles. The van der Waals surface area contributed by atoms with Crippen LogP contribution in [-0.4, -0.2) is 28.5 Å². The summed E-state index contributed by atoms with van der Waals surface area (Å²) in [6.07, 6.45) is 2.03. The topological polar surface area (TPSA) is 59.1 Å². The minimum Gasteiger partial charge on any atom is -0.349 e. The lowest BCUT2D eigenvalue weighted by molar-refractivity contribution is 0.0951. The Morgan fingerprint density at radius 2 is 1.85 bits per heavy atom. The van der Waals surface area contributed by atoms with E-state index in [0.29, 0.717) is 16.2 Å². The zero-order chi connectivity index (χ0) is 18.8. The Morgan fingerprint density at radius 3 is 2.59 bits per heavy atom. The highest BCUT2D eigenvalue weighted by Crippen LogP contribution is 2.26. The van der Waals surface area contributed by atoms with Gasteiger partial charge in [0.15, 0.2) is 5.78 Å². The fourth-order valence-electron chi connectivity index (χ4n) is 2.76. The average Bonchev–Trinajstić information content (AvgIpc) is 3.50. The quantitative estimate of drug-likeness (QED) is 0.513. The summed E-state index contributed by atoms with van der Waals surface area (Å²) in [4.78, 5) is 29.5. The smallest absolute Gasteiger partial charge is 0.252 e. The minimum atomic E-state index is -0.373. The maximum absolute atomic E-state index is 13.0. The van der Waals surface area contributed by atoms with Crippen molar-refractivity contribution in [1.82, 2.24) is 10.3 Å². The number of hydrogen-bond acceptors (Lipinski definition) is 4. The molecule has 0 unspecified atom stereocenters. The first-order chi connectivity index (χ1) is 13.1. The van der Waals surface area contributed by atoms with Crippen molar-refractivity contribution in [3.8, 4) is 0 Å². The number of hydrogen-bond donors (Lipinski definition) is 1. The molecule has 6 heteroatoms. The van der Waals surface area contributed by atoms with Crippen LogP contribution < -0.4 is 5.32 Å². The van der Waals surface area contributed by atoms with Crippen molar-refractivity contribution < 1.29 is 14.0 Å². The molecule has 27 heavy (non-hydrogen) atoms. The molecule has 0 radical (unpaired) electrons. The molecule has 2 aromatic carbocycles. The van der Waals surface area contributed by atoms with Crippen molar-refractivity contribution in [2.75, 3.05) is 5.75 Å². The normalized spacial score (nSPS) is 13.5. The number of amides is 1. The van der Waals surface area contributed by atoms with E-state index in [4.69, 9.17) is 0 Å². The Kier molecular flexibility index (Phi) is 4.90. The number of halogens is 1. The predicted octanol–water partition coefficient (Wildman–Crippen LogP) is 4.24. The number of rotatable bonds is 6. The van der Waals surface area contributed by atoms with Crippen molar-refractivity contribution in [3.05, 3.63) is 71.5 Å². The van der Waals surface area contributed by atoms with Gasteiger partial charge in [-0.3, -0.25) is 9.59 Å². The Labute approximate surface area is 160 Å². The minimum absolute atomic E-state index is 0.109. The van der Waals surface area contributed by atoms with Crippen molar-refractivity contribution in [1.29, 1.82) is 0 Å². The number of ketones is 1. The third kappa shape index (κ3) is 4.17. The maximum atomic E-state index is 13.0. The van der Waals surface area contributed by atoms with Crippen LogP contribution in [0.4, 0.5) is 4.39 Å². The van der Waals surface area contributed by atoms with E-state index in [-0.39, 0.29) is 29.3 Å². The van der Waals surface area contributed by atoms with Gasteiger partial charge in [0.2, 0.25) is 0 Å². The molecular weight excluding hydrogens is 363 g/mol. The molecule has 1 fully saturated rings. The summed E-state index contributed by atoms with van der Waals surface area (Å²) in [6, 6.07) is 15.0. The van der Waals surface area contributed by atoms with Crippen LogP contribution in [0.1, 0.15) is 33.6 Å². The van der Waals surface area contributed by atoms with Gasteiger partial charge in [-0.2, -0.15) is 0 Å². The van der Waals surface area contributed by atoms with E-state index in [0.717, 1.165) is 23.7 Å². The number of carbonyl (C=O) groups excluding carboxylic acids is 2. The molecule has 0 saturated heterocycles. The highest BCUT2D eigenvalue weighted by molar-refractivity contribution is 7.99. The number of carbonyl (C=O) groups is 2. The molecule has 3 aromatic rings. The van der Waals surface area contributed by atoms with Crippen LogP contribution in [0, 0.1) is 5.82 Å². The monoisotopic (exact) mass is 380 g/mol. The van der Waals surface area contributed by atoms with Crippen molar-refractivity contribution >= 4 is 34.4 Å². The third-order valence-electron chi connectivity index (χ3n) is 4.37. The number of para-hydroxylation sites is 1. The number of thioether (sulfide) groups is 1. The molecule has 4 rings (SSSR count). The van der Waals surface area contributed by atoms with E-state index in [1.54, 1.807) is 6.07 Å². The molecule has 0 bridgehead atoms. The van der Waals surface area contributed by atoms with Gasteiger partial charge >= 0.3 is 0 Å². The van der Waals surface area contributed by atoms with E-state index in [9.17, 15) is 14.0 Å². The first kappa shape index (κ1) is 17.7. The highest BCUT2D eigenvalue weighted by Gasteiger charge is 2.25. The van der Waals surface area contributed by atoms with Crippen LogP contribution in [0.3, 0.4) is 0 Å². The zero-order valence-corrected chi connectivity index (χ0v) is 15.3. The second-order valence-electron chi connectivity index (χ2n) is 6.49. The summed E-state index contributed by atoms with van der Waals surface area (Å²) in [7, 11) is 0. The highest BCUT2D eigenvalue weighted by atomic mass is 32.2. The van der Waals surface area contributed by atoms with Crippen molar-refractivity contribution in [2.24, 2.45) is 0 Å². The zero-order valence-electron chi connectivity index (χ0n) is 14.4. The van der Waals surface area contributed by atoms with Gasteiger partial charge in [0.05, 0.1) is 21.9 Å².